The Labute approximate surface area is 254 Å². The number of nitrogens with one attached hydrogen (secondary N) is 2. The fourth-order valence-electron chi connectivity index (χ4n) is 5.64. The summed E-state index contributed by atoms with van der Waals surface area (Å²) in [4.78, 5) is 28.5. The van der Waals surface area contributed by atoms with Crippen LogP contribution in [0.1, 0.15) is 41.1 Å². The predicted molar refractivity (Wildman–Crippen MR) is 168 cm³/mol. The Morgan fingerprint density at radius 2 is 1.56 bits per heavy atom. The summed E-state index contributed by atoms with van der Waals surface area (Å²) in [5, 5.41) is 6.57. The molecule has 1 aliphatic heterocycles. The van der Waals surface area contributed by atoms with E-state index in [0.717, 1.165) is 29.8 Å². The van der Waals surface area contributed by atoms with Gasteiger partial charge in [0.1, 0.15) is 11.8 Å². The van der Waals surface area contributed by atoms with Crippen LogP contribution in [0.25, 0.3) is 11.1 Å². The van der Waals surface area contributed by atoms with Crippen LogP contribution in [0.3, 0.4) is 0 Å². The number of carbonyl (C=O) groups is 2. The third-order valence-corrected chi connectivity index (χ3v) is 9.59. The lowest BCUT2D eigenvalue weighted by molar-refractivity contribution is -0.134. The molecule has 1 saturated carbocycles. The highest BCUT2D eigenvalue weighted by atomic mass is 32.2. The average molecular weight is 605 g/mol. The van der Waals surface area contributed by atoms with Crippen LogP contribution >= 0.6 is 0 Å². The monoisotopic (exact) mass is 604 g/mol. The highest BCUT2D eigenvalue weighted by molar-refractivity contribution is 7.88. The van der Waals surface area contributed by atoms with Gasteiger partial charge in [0.25, 0.3) is 5.91 Å². The molecule has 3 aromatic carbocycles. The van der Waals surface area contributed by atoms with E-state index in [0.29, 0.717) is 43.5 Å². The molecule has 1 aliphatic carbocycles. The van der Waals surface area contributed by atoms with E-state index in [1.807, 2.05) is 54.6 Å². The normalized spacial score (nSPS) is 19.4. The van der Waals surface area contributed by atoms with Crippen molar-refractivity contribution in [3.63, 3.8) is 0 Å². The third kappa shape index (κ3) is 8.01. The van der Waals surface area contributed by atoms with Crippen molar-refractivity contribution < 1.29 is 22.7 Å². The second-order valence-corrected chi connectivity index (χ2v) is 13.3. The first-order valence-corrected chi connectivity index (χ1v) is 16.7. The number of piperazine rings is 1. The van der Waals surface area contributed by atoms with Crippen LogP contribution in [0, 0.1) is 0 Å². The number of ether oxygens (including phenoxy) is 1. The number of hydrogen-bond acceptors (Lipinski definition) is 6. The molecule has 2 aliphatic rings. The van der Waals surface area contributed by atoms with Gasteiger partial charge in [-0.3, -0.25) is 9.59 Å². The van der Waals surface area contributed by atoms with Crippen molar-refractivity contribution in [2.24, 2.45) is 0 Å². The summed E-state index contributed by atoms with van der Waals surface area (Å²) in [5.41, 5.74) is 3.84. The van der Waals surface area contributed by atoms with Crippen LogP contribution in [-0.4, -0.2) is 87.6 Å². The lowest BCUT2D eigenvalue weighted by Crippen LogP contribution is -2.55. The highest BCUT2D eigenvalue weighted by Crippen LogP contribution is 2.41. The minimum absolute atomic E-state index is 0.176. The maximum atomic E-state index is 13.6. The van der Waals surface area contributed by atoms with Gasteiger partial charge >= 0.3 is 0 Å². The fraction of sp³-hybridized carbons (Fsp3) is 0.394. The van der Waals surface area contributed by atoms with Crippen molar-refractivity contribution in [1.29, 1.82) is 0 Å². The molecule has 1 heterocycles. The first-order valence-electron chi connectivity index (χ1n) is 14.8. The Bertz CT molecular complexity index is 1490. The first-order chi connectivity index (χ1) is 20.7. The fourth-order valence-corrected chi connectivity index (χ4v) is 6.46. The van der Waals surface area contributed by atoms with Crippen molar-refractivity contribution in [2.75, 3.05) is 46.1 Å². The topological polar surface area (TPSA) is 108 Å². The van der Waals surface area contributed by atoms with E-state index in [1.165, 1.54) is 16.1 Å². The Morgan fingerprint density at radius 3 is 2.19 bits per heavy atom. The van der Waals surface area contributed by atoms with Crippen molar-refractivity contribution in [1.82, 2.24) is 19.8 Å². The molecule has 0 bridgehead atoms. The van der Waals surface area contributed by atoms with Crippen LogP contribution in [0.5, 0.6) is 5.75 Å². The van der Waals surface area contributed by atoms with Gasteiger partial charge in [0.15, 0.2) is 0 Å². The van der Waals surface area contributed by atoms with Crippen LogP contribution in [0.2, 0.25) is 0 Å². The zero-order chi connectivity index (χ0) is 30.4. The zero-order valence-corrected chi connectivity index (χ0v) is 25.6. The minimum atomic E-state index is -3.31. The van der Waals surface area contributed by atoms with E-state index in [-0.39, 0.29) is 24.9 Å². The predicted octanol–water partition coefficient (Wildman–Crippen LogP) is 3.49. The molecule has 2 N–H and O–H groups in total. The van der Waals surface area contributed by atoms with E-state index >= 15 is 0 Å². The van der Waals surface area contributed by atoms with Gasteiger partial charge in [-0.05, 0) is 66.8 Å². The van der Waals surface area contributed by atoms with Gasteiger partial charge in [-0.25, -0.2) is 8.42 Å². The summed E-state index contributed by atoms with van der Waals surface area (Å²) in [5.74, 6) is 0.831. The van der Waals surface area contributed by atoms with Gasteiger partial charge in [0.05, 0.1) is 13.4 Å². The molecule has 3 atom stereocenters. The summed E-state index contributed by atoms with van der Waals surface area (Å²) >= 11 is 0. The molecule has 3 aromatic rings. The number of methoxy groups -OCH3 is 1. The van der Waals surface area contributed by atoms with Crippen molar-refractivity contribution >= 4 is 21.8 Å². The van der Waals surface area contributed by atoms with Gasteiger partial charge in [-0.2, -0.15) is 4.31 Å². The average Bonchev–Trinajstić information content (AvgIpc) is 3.82. The lowest BCUT2D eigenvalue weighted by Gasteiger charge is -2.35. The molecular formula is C33H40N4O5S. The van der Waals surface area contributed by atoms with Crippen LogP contribution < -0.4 is 15.4 Å². The van der Waals surface area contributed by atoms with Gasteiger partial charge in [0.2, 0.25) is 15.9 Å². The van der Waals surface area contributed by atoms with Gasteiger partial charge in [-0.15, -0.1) is 0 Å². The molecule has 9 nitrogen and oxygen atoms in total. The summed E-state index contributed by atoms with van der Waals surface area (Å²) in [6.07, 6.45) is 3.43. The number of sulfonamides is 1. The van der Waals surface area contributed by atoms with E-state index in [4.69, 9.17) is 4.74 Å². The first kappa shape index (κ1) is 30.7. The molecule has 2 amide bonds. The van der Waals surface area contributed by atoms with Crippen molar-refractivity contribution in [2.45, 2.75) is 37.3 Å². The molecule has 10 heteroatoms. The van der Waals surface area contributed by atoms with Crippen LogP contribution in [0.4, 0.5) is 0 Å². The van der Waals surface area contributed by atoms with Crippen molar-refractivity contribution in [3.8, 4) is 16.9 Å². The molecule has 0 unspecified atom stereocenters. The molecule has 228 valence electrons. The standard InChI is InChI=1S/C33H40N4O5S/c1-42-28-16-14-26(15-17-28)29-23-31(29)34-18-6-9-30(33(39)36-19-21-37(22-20-36)43(2,40)41)35-32(38)27-12-10-25(11-13-27)24-7-4-3-5-8-24/h3-5,7-8,10-17,29-31,34H,6,9,18-23H2,1-2H3,(H,35,38)/t29-,30-,31+/m0/s1. The lowest BCUT2D eigenvalue weighted by atomic mass is 10.0. The Hall–Kier alpha value is -3.73. The smallest absolute Gasteiger partial charge is 0.251 e. The van der Waals surface area contributed by atoms with E-state index in [2.05, 4.69) is 22.8 Å². The van der Waals surface area contributed by atoms with Gasteiger partial charge in [-0.1, -0.05) is 54.6 Å². The molecule has 43 heavy (non-hydrogen) atoms. The maximum absolute atomic E-state index is 13.6. The summed E-state index contributed by atoms with van der Waals surface area (Å²) in [6, 6.07) is 25.2. The molecule has 0 aromatic heterocycles. The van der Waals surface area contributed by atoms with Gasteiger partial charge in [0, 0.05) is 43.7 Å². The van der Waals surface area contributed by atoms with E-state index < -0.39 is 16.1 Å². The highest BCUT2D eigenvalue weighted by Gasteiger charge is 2.38. The summed E-state index contributed by atoms with van der Waals surface area (Å²) in [7, 11) is -1.65. The zero-order valence-electron chi connectivity index (χ0n) is 24.7. The summed E-state index contributed by atoms with van der Waals surface area (Å²) < 4.78 is 30.5. The molecule has 1 saturated heterocycles. The quantitative estimate of drug-likeness (QED) is 0.307. The number of amides is 2. The Kier molecular flexibility index (Phi) is 9.79. The number of rotatable bonds is 12. The third-order valence-electron chi connectivity index (χ3n) is 8.29. The van der Waals surface area contributed by atoms with E-state index in [9.17, 15) is 18.0 Å². The second-order valence-electron chi connectivity index (χ2n) is 11.3. The second kappa shape index (κ2) is 13.7. The largest absolute Gasteiger partial charge is 0.497 e. The van der Waals surface area contributed by atoms with Crippen LogP contribution in [0.15, 0.2) is 78.9 Å². The van der Waals surface area contributed by atoms with E-state index in [1.54, 1.807) is 24.1 Å². The SMILES string of the molecule is COc1ccc([C@@H]2C[C@H]2NCCC[C@H](NC(=O)c2ccc(-c3ccccc3)cc2)C(=O)N2CCN(S(C)(=O)=O)CC2)cc1. The molecule has 5 rings (SSSR count). The number of hydrogen-bond donors (Lipinski definition) is 2. The Morgan fingerprint density at radius 1 is 0.907 bits per heavy atom. The molecule has 0 spiro atoms. The number of benzene rings is 3. The molecular weight excluding hydrogens is 564 g/mol. The number of carbonyl (C=O) groups excluding carboxylic acids is 2. The maximum Gasteiger partial charge on any atom is 0.251 e. The summed E-state index contributed by atoms with van der Waals surface area (Å²) in [6.45, 7) is 1.83. The van der Waals surface area contributed by atoms with Gasteiger partial charge < -0.3 is 20.3 Å². The molecule has 2 fully saturated rings. The number of nitrogens with zero attached hydrogens (tertiary/aromatic N) is 2. The van der Waals surface area contributed by atoms with Crippen molar-refractivity contribution in [3.05, 3.63) is 90.0 Å². The minimum Gasteiger partial charge on any atom is -0.497 e. The van der Waals surface area contributed by atoms with Crippen LogP contribution in [-0.2, 0) is 14.8 Å². The Balaban J connectivity index is 1.18. The molecule has 0 radical (unpaired) electrons.